The lowest BCUT2D eigenvalue weighted by atomic mass is 10.1. The molecule has 2 N–H and O–H groups in total. The number of nitrogens with zero attached hydrogens (tertiary/aromatic N) is 1. The summed E-state index contributed by atoms with van der Waals surface area (Å²) in [4.78, 5) is 14.6. The van der Waals surface area contributed by atoms with Crippen molar-refractivity contribution in [3.8, 4) is 0 Å². The maximum Gasteiger partial charge on any atom is 0.237 e. The lowest BCUT2D eigenvalue weighted by Crippen LogP contribution is -2.42. The summed E-state index contributed by atoms with van der Waals surface area (Å²) < 4.78 is 26.9. The summed E-state index contributed by atoms with van der Waals surface area (Å²) in [6.07, 6.45) is 0.610. The Morgan fingerprint density at radius 2 is 2.00 bits per heavy atom. The van der Waals surface area contributed by atoms with Gasteiger partial charge in [-0.15, -0.1) is 0 Å². The van der Waals surface area contributed by atoms with Crippen molar-refractivity contribution < 1.29 is 13.6 Å². The van der Waals surface area contributed by atoms with Gasteiger partial charge in [0.2, 0.25) is 5.91 Å². The number of hydrogen-bond donors (Lipinski definition) is 2. The van der Waals surface area contributed by atoms with Crippen LogP contribution in [-0.4, -0.2) is 36.0 Å². The maximum absolute atomic E-state index is 13.9. The normalized spacial score (nSPS) is 19.7. The number of hydrogen-bond acceptors (Lipinski definition) is 3. The number of benzene rings is 2. The lowest BCUT2D eigenvalue weighted by molar-refractivity contribution is -0.125. The number of amides is 1. The first kappa shape index (κ1) is 20.7. The molecule has 150 valence electrons. The summed E-state index contributed by atoms with van der Waals surface area (Å²) in [6, 6.07) is 10.9. The predicted molar refractivity (Wildman–Crippen MR) is 106 cm³/mol. The molecule has 1 aliphatic heterocycles. The third-order valence-corrected chi connectivity index (χ3v) is 5.35. The van der Waals surface area contributed by atoms with Crippen LogP contribution in [0.5, 0.6) is 0 Å². The van der Waals surface area contributed by atoms with Crippen LogP contribution in [0.25, 0.3) is 0 Å². The number of likely N-dealkylation sites (N-methyl/N-ethyl adjacent to an activating group) is 1. The summed E-state index contributed by atoms with van der Waals surface area (Å²) in [5, 5.41) is 6.85. The Morgan fingerprint density at radius 1 is 1.21 bits per heavy atom. The van der Waals surface area contributed by atoms with Gasteiger partial charge in [0.1, 0.15) is 11.6 Å². The molecule has 2 atom stereocenters. The number of likely N-dealkylation sites (tertiary alicyclic amines) is 1. The van der Waals surface area contributed by atoms with Crippen molar-refractivity contribution in [2.24, 2.45) is 0 Å². The van der Waals surface area contributed by atoms with Crippen molar-refractivity contribution >= 4 is 17.5 Å². The molecule has 1 saturated heterocycles. The minimum atomic E-state index is -0.593. The molecule has 0 aliphatic carbocycles. The van der Waals surface area contributed by atoms with Crippen LogP contribution in [0.15, 0.2) is 42.5 Å². The average molecular weight is 408 g/mol. The SMILES string of the molecule is CCNC(=O)[C@@H]1C[C@@H](NCc2ccc(F)cc2F)CN1Cc1ccccc1Cl. The van der Waals surface area contributed by atoms with E-state index in [9.17, 15) is 13.6 Å². The van der Waals surface area contributed by atoms with Gasteiger partial charge in [0.05, 0.1) is 6.04 Å². The minimum absolute atomic E-state index is 0.0135. The largest absolute Gasteiger partial charge is 0.355 e. The second kappa shape index (κ2) is 9.45. The smallest absolute Gasteiger partial charge is 0.237 e. The highest BCUT2D eigenvalue weighted by atomic mass is 35.5. The van der Waals surface area contributed by atoms with Crippen molar-refractivity contribution in [1.29, 1.82) is 0 Å². The lowest BCUT2D eigenvalue weighted by Gasteiger charge is -2.23. The van der Waals surface area contributed by atoms with Gasteiger partial charge < -0.3 is 10.6 Å². The molecule has 1 fully saturated rings. The van der Waals surface area contributed by atoms with Crippen LogP contribution < -0.4 is 10.6 Å². The zero-order chi connectivity index (χ0) is 20.1. The molecule has 1 heterocycles. The van der Waals surface area contributed by atoms with Gasteiger partial charge in [-0.25, -0.2) is 8.78 Å². The number of halogens is 3. The molecular weight excluding hydrogens is 384 g/mol. The fourth-order valence-electron chi connectivity index (χ4n) is 3.56. The van der Waals surface area contributed by atoms with Crippen molar-refractivity contribution in [3.63, 3.8) is 0 Å². The van der Waals surface area contributed by atoms with Crippen molar-refractivity contribution in [2.45, 2.75) is 38.5 Å². The van der Waals surface area contributed by atoms with Gasteiger partial charge >= 0.3 is 0 Å². The molecule has 0 radical (unpaired) electrons. The van der Waals surface area contributed by atoms with E-state index in [0.29, 0.717) is 36.6 Å². The standard InChI is InChI=1S/C21H24ClF2N3O/c1-2-25-21(28)20-10-17(26-11-14-7-8-16(23)9-19(14)24)13-27(20)12-15-5-3-4-6-18(15)22/h3-9,17,20,26H,2,10-13H2,1H3,(H,25,28)/t17-,20+/m1/s1. The zero-order valence-electron chi connectivity index (χ0n) is 15.7. The molecule has 1 amide bonds. The summed E-state index contributed by atoms with van der Waals surface area (Å²) in [5.41, 5.74) is 1.37. The first-order chi connectivity index (χ1) is 13.5. The Kier molecular flexibility index (Phi) is 6.99. The highest BCUT2D eigenvalue weighted by Crippen LogP contribution is 2.24. The molecular formula is C21H24ClF2N3O. The number of carbonyl (C=O) groups is 1. The number of rotatable bonds is 7. The van der Waals surface area contributed by atoms with Crippen LogP contribution in [0.3, 0.4) is 0 Å². The van der Waals surface area contributed by atoms with Gasteiger partial charge in [-0.2, -0.15) is 0 Å². The Balaban J connectivity index is 1.68. The topological polar surface area (TPSA) is 44.4 Å². The molecule has 2 aromatic carbocycles. The molecule has 0 saturated carbocycles. The van der Waals surface area contributed by atoms with Crippen molar-refractivity contribution in [1.82, 2.24) is 15.5 Å². The van der Waals surface area contributed by atoms with Gasteiger partial charge in [0, 0.05) is 48.9 Å². The Hall–Kier alpha value is -2.02. The van der Waals surface area contributed by atoms with E-state index < -0.39 is 11.6 Å². The van der Waals surface area contributed by atoms with E-state index in [1.165, 1.54) is 12.1 Å². The molecule has 2 aromatic rings. The van der Waals surface area contributed by atoms with Gasteiger partial charge in [0.15, 0.2) is 0 Å². The van der Waals surface area contributed by atoms with E-state index in [1.807, 2.05) is 31.2 Å². The first-order valence-corrected chi connectivity index (χ1v) is 9.78. The van der Waals surface area contributed by atoms with Gasteiger partial charge in [-0.3, -0.25) is 9.69 Å². The molecule has 1 aliphatic rings. The highest BCUT2D eigenvalue weighted by molar-refractivity contribution is 6.31. The van der Waals surface area contributed by atoms with Gasteiger partial charge in [0.25, 0.3) is 0 Å². The van der Waals surface area contributed by atoms with E-state index >= 15 is 0 Å². The maximum atomic E-state index is 13.9. The first-order valence-electron chi connectivity index (χ1n) is 9.40. The van der Waals surface area contributed by atoms with Crippen LogP contribution in [0.1, 0.15) is 24.5 Å². The summed E-state index contributed by atoms with van der Waals surface area (Å²) in [7, 11) is 0. The summed E-state index contributed by atoms with van der Waals surface area (Å²) in [5.74, 6) is -1.19. The number of nitrogens with one attached hydrogen (secondary N) is 2. The van der Waals surface area contributed by atoms with E-state index in [4.69, 9.17) is 11.6 Å². The molecule has 0 unspecified atom stereocenters. The van der Waals surface area contributed by atoms with E-state index in [2.05, 4.69) is 15.5 Å². The number of carbonyl (C=O) groups excluding carboxylic acids is 1. The van der Waals surface area contributed by atoms with Crippen molar-refractivity contribution in [2.75, 3.05) is 13.1 Å². The van der Waals surface area contributed by atoms with Crippen molar-refractivity contribution in [3.05, 3.63) is 70.2 Å². The fraction of sp³-hybridized carbons (Fsp3) is 0.381. The summed E-state index contributed by atoms with van der Waals surface area (Å²) in [6.45, 7) is 3.92. The van der Waals surface area contributed by atoms with Gasteiger partial charge in [-0.05, 0) is 31.0 Å². The molecule has 3 rings (SSSR count). The van der Waals surface area contributed by atoms with Crippen LogP contribution >= 0.6 is 11.6 Å². The summed E-state index contributed by atoms with van der Waals surface area (Å²) >= 11 is 6.28. The van der Waals surface area contributed by atoms with Crippen LogP contribution in [-0.2, 0) is 17.9 Å². The molecule has 0 aromatic heterocycles. The third-order valence-electron chi connectivity index (χ3n) is 4.98. The Morgan fingerprint density at radius 3 is 2.71 bits per heavy atom. The van der Waals surface area contributed by atoms with E-state index in [-0.39, 0.29) is 24.5 Å². The second-order valence-corrected chi connectivity index (χ2v) is 7.39. The predicted octanol–water partition coefficient (Wildman–Crippen LogP) is 3.49. The molecule has 0 spiro atoms. The molecule has 4 nitrogen and oxygen atoms in total. The second-order valence-electron chi connectivity index (χ2n) is 6.98. The van der Waals surface area contributed by atoms with Crippen LogP contribution in [0.4, 0.5) is 8.78 Å². The zero-order valence-corrected chi connectivity index (χ0v) is 16.5. The molecule has 0 bridgehead atoms. The van der Waals surface area contributed by atoms with Gasteiger partial charge in [-0.1, -0.05) is 35.9 Å². The molecule has 28 heavy (non-hydrogen) atoms. The quantitative estimate of drug-likeness (QED) is 0.738. The molecule has 7 heteroatoms. The average Bonchev–Trinajstić information content (AvgIpc) is 3.06. The Bertz CT molecular complexity index is 833. The van der Waals surface area contributed by atoms with E-state index in [0.717, 1.165) is 11.6 Å². The minimum Gasteiger partial charge on any atom is -0.355 e. The highest BCUT2D eigenvalue weighted by Gasteiger charge is 2.36. The fourth-order valence-corrected chi connectivity index (χ4v) is 3.75. The van der Waals surface area contributed by atoms with E-state index in [1.54, 1.807) is 0 Å². The van der Waals surface area contributed by atoms with Crippen LogP contribution in [0, 0.1) is 11.6 Å². The monoisotopic (exact) mass is 407 g/mol. The Labute approximate surface area is 168 Å². The third kappa shape index (κ3) is 5.07. The van der Waals surface area contributed by atoms with Crippen LogP contribution in [0.2, 0.25) is 5.02 Å².